The molecule has 12 heteroatoms. The number of pyridine rings is 1. The standard InChI is InChI=1S/C26H24F5N5O2/c1-16-22(21(37)14-35-9-3-2-4-10-35)23-20(36(16)19-7-5-17(12-32)6-8-19)11-18(13-33-23)26(30,31)24(38)34-15-25(27,28)29/h5-8,11,13H,2-4,9-10,14-15H2,1H3,(H,34,38). The van der Waals surface area contributed by atoms with Crippen molar-refractivity contribution in [1.29, 1.82) is 5.26 Å². The molecule has 0 bridgehead atoms. The number of amides is 1. The molecule has 1 aromatic carbocycles. The number of fused-ring (bicyclic) bond motifs is 1. The first kappa shape index (κ1) is 27.2. The Morgan fingerprint density at radius 3 is 2.34 bits per heavy atom. The van der Waals surface area contributed by atoms with E-state index in [0.717, 1.165) is 38.4 Å². The van der Waals surface area contributed by atoms with Gasteiger partial charge in [0.2, 0.25) is 0 Å². The number of halogens is 5. The highest BCUT2D eigenvalue weighted by Crippen LogP contribution is 2.34. The quantitative estimate of drug-likeness (QED) is 0.353. The number of nitriles is 1. The van der Waals surface area contributed by atoms with Crippen molar-refractivity contribution in [3.05, 3.63) is 58.9 Å². The molecule has 0 atom stereocenters. The van der Waals surface area contributed by atoms with Crippen molar-refractivity contribution >= 4 is 22.7 Å². The summed E-state index contributed by atoms with van der Waals surface area (Å²) in [5, 5.41) is 10.3. The van der Waals surface area contributed by atoms with Gasteiger partial charge in [-0.05, 0) is 63.2 Å². The zero-order valence-corrected chi connectivity index (χ0v) is 20.4. The number of rotatable bonds is 7. The van der Waals surface area contributed by atoms with Crippen LogP contribution in [-0.2, 0) is 10.7 Å². The molecule has 0 aliphatic carbocycles. The third-order valence-corrected chi connectivity index (χ3v) is 6.49. The molecular weight excluding hydrogens is 509 g/mol. The van der Waals surface area contributed by atoms with Gasteiger partial charge in [-0.2, -0.15) is 27.2 Å². The molecule has 1 saturated heterocycles. The number of likely N-dealkylation sites (tertiary alicyclic amines) is 1. The van der Waals surface area contributed by atoms with E-state index in [0.29, 0.717) is 23.1 Å². The van der Waals surface area contributed by atoms with Crippen LogP contribution in [0.15, 0.2) is 36.5 Å². The molecule has 2 aromatic heterocycles. The predicted octanol–water partition coefficient (Wildman–Crippen LogP) is 4.64. The number of benzene rings is 1. The summed E-state index contributed by atoms with van der Waals surface area (Å²) >= 11 is 0. The lowest BCUT2D eigenvalue weighted by atomic mass is 10.1. The molecular formula is C26H24F5N5O2. The highest BCUT2D eigenvalue weighted by Gasteiger charge is 2.43. The van der Waals surface area contributed by atoms with Crippen molar-refractivity contribution in [3.8, 4) is 11.8 Å². The molecule has 4 rings (SSSR count). The van der Waals surface area contributed by atoms with Crippen molar-refractivity contribution in [2.45, 2.75) is 38.3 Å². The van der Waals surface area contributed by atoms with Gasteiger partial charge in [-0.3, -0.25) is 19.5 Å². The van der Waals surface area contributed by atoms with E-state index in [9.17, 15) is 31.5 Å². The van der Waals surface area contributed by atoms with Crippen molar-refractivity contribution in [2.75, 3.05) is 26.2 Å². The largest absolute Gasteiger partial charge is 0.405 e. The van der Waals surface area contributed by atoms with Gasteiger partial charge in [0.15, 0.2) is 5.78 Å². The van der Waals surface area contributed by atoms with Crippen LogP contribution in [0.1, 0.15) is 46.4 Å². The zero-order chi connectivity index (χ0) is 27.7. The summed E-state index contributed by atoms with van der Waals surface area (Å²) < 4.78 is 68.8. The summed E-state index contributed by atoms with van der Waals surface area (Å²) in [4.78, 5) is 31.5. The minimum absolute atomic E-state index is 0.0787. The van der Waals surface area contributed by atoms with E-state index < -0.39 is 30.1 Å². The van der Waals surface area contributed by atoms with Gasteiger partial charge in [-0.25, -0.2) is 0 Å². The monoisotopic (exact) mass is 533 g/mol. The Morgan fingerprint density at radius 2 is 1.74 bits per heavy atom. The van der Waals surface area contributed by atoms with E-state index in [4.69, 9.17) is 5.26 Å². The first-order valence-electron chi connectivity index (χ1n) is 11.9. The van der Waals surface area contributed by atoms with Crippen molar-refractivity contribution in [3.63, 3.8) is 0 Å². The van der Waals surface area contributed by atoms with Gasteiger partial charge >= 0.3 is 12.1 Å². The van der Waals surface area contributed by atoms with Gasteiger partial charge in [0.25, 0.3) is 5.91 Å². The second-order valence-electron chi connectivity index (χ2n) is 9.18. The van der Waals surface area contributed by atoms with Gasteiger partial charge in [0.1, 0.15) is 6.54 Å². The lowest BCUT2D eigenvalue weighted by Crippen LogP contribution is -2.42. The normalized spacial score (nSPS) is 14.9. The van der Waals surface area contributed by atoms with E-state index >= 15 is 0 Å². The van der Waals surface area contributed by atoms with Gasteiger partial charge in [0, 0.05) is 17.6 Å². The molecule has 1 N–H and O–H groups in total. The summed E-state index contributed by atoms with van der Waals surface area (Å²) in [6, 6.07) is 9.13. The molecule has 0 spiro atoms. The molecule has 0 radical (unpaired) electrons. The summed E-state index contributed by atoms with van der Waals surface area (Å²) in [6.45, 7) is 1.36. The van der Waals surface area contributed by atoms with Gasteiger partial charge in [-0.15, -0.1) is 0 Å². The lowest BCUT2D eigenvalue weighted by Gasteiger charge is -2.25. The molecule has 3 aromatic rings. The molecule has 1 aliphatic heterocycles. The van der Waals surface area contributed by atoms with Crippen molar-refractivity contribution < 1.29 is 31.5 Å². The maximum atomic E-state index is 14.9. The van der Waals surface area contributed by atoms with Crippen LogP contribution in [0.4, 0.5) is 22.0 Å². The van der Waals surface area contributed by atoms with Crippen LogP contribution in [0, 0.1) is 18.3 Å². The third kappa shape index (κ3) is 5.52. The lowest BCUT2D eigenvalue weighted by molar-refractivity contribution is -0.156. The number of Topliss-reactive ketones (excluding diaryl/α,β-unsaturated/α-hetero) is 1. The topological polar surface area (TPSA) is 91.0 Å². The number of aromatic nitrogens is 2. The number of piperidine rings is 1. The molecule has 3 heterocycles. The van der Waals surface area contributed by atoms with Crippen LogP contribution in [-0.4, -0.2) is 58.5 Å². The highest BCUT2D eigenvalue weighted by molar-refractivity contribution is 6.09. The Morgan fingerprint density at radius 1 is 1.08 bits per heavy atom. The zero-order valence-electron chi connectivity index (χ0n) is 20.4. The smallest absolute Gasteiger partial charge is 0.341 e. The van der Waals surface area contributed by atoms with Crippen LogP contribution >= 0.6 is 0 Å². The van der Waals surface area contributed by atoms with E-state index in [1.54, 1.807) is 19.1 Å². The second-order valence-corrected chi connectivity index (χ2v) is 9.18. The summed E-state index contributed by atoms with van der Waals surface area (Å²) in [6.07, 6.45) is -1.15. The van der Waals surface area contributed by atoms with E-state index in [2.05, 4.69) is 4.98 Å². The molecule has 7 nitrogen and oxygen atoms in total. The van der Waals surface area contributed by atoms with Gasteiger partial charge < -0.3 is 9.88 Å². The van der Waals surface area contributed by atoms with Gasteiger partial charge in [0.05, 0.1) is 40.3 Å². The minimum atomic E-state index is -4.86. The molecule has 0 unspecified atom stereocenters. The number of hydrogen-bond acceptors (Lipinski definition) is 5. The maximum absolute atomic E-state index is 14.9. The Balaban J connectivity index is 1.81. The van der Waals surface area contributed by atoms with Crippen LogP contribution in [0.5, 0.6) is 0 Å². The number of carbonyl (C=O) groups excluding carboxylic acids is 2. The molecule has 200 valence electrons. The summed E-state index contributed by atoms with van der Waals surface area (Å²) in [5.74, 6) is -6.69. The van der Waals surface area contributed by atoms with E-state index in [1.165, 1.54) is 22.0 Å². The minimum Gasteiger partial charge on any atom is -0.341 e. The van der Waals surface area contributed by atoms with Crippen molar-refractivity contribution in [1.82, 2.24) is 19.8 Å². The predicted molar refractivity (Wildman–Crippen MR) is 128 cm³/mol. The first-order chi connectivity index (χ1) is 17.9. The Labute approximate surface area is 214 Å². The van der Waals surface area contributed by atoms with Crippen LogP contribution in [0.3, 0.4) is 0 Å². The maximum Gasteiger partial charge on any atom is 0.405 e. The number of nitrogens with one attached hydrogen (secondary N) is 1. The second kappa shape index (κ2) is 10.5. The molecule has 1 fully saturated rings. The highest BCUT2D eigenvalue weighted by atomic mass is 19.4. The van der Waals surface area contributed by atoms with Crippen LogP contribution in [0.25, 0.3) is 16.7 Å². The fourth-order valence-electron chi connectivity index (χ4n) is 4.63. The van der Waals surface area contributed by atoms with E-state index in [1.807, 2.05) is 11.0 Å². The summed E-state index contributed by atoms with van der Waals surface area (Å²) in [5.41, 5.74) is 0.738. The Kier molecular flexibility index (Phi) is 7.51. The van der Waals surface area contributed by atoms with Crippen LogP contribution < -0.4 is 5.32 Å². The molecule has 1 aliphatic rings. The van der Waals surface area contributed by atoms with Crippen LogP contribution in [0.2, 0.25) is 0 Å². The fourth-order valence-corrected chi connectivity index (χ4v) is 4.63. The average Bonchev–Trinajstić information content (AvgIpc) is 3.18. The Bertz CT molecular complexity index is 1400. The van der Waals surface area contributed by atoms with Crippen molar-refractivity contribution in [2.24, 2.45) is 0 Å². The fraction of sp³-hybridized carbons (Fsp3) is 0.385. The molecule has 0 saturated carbocycles. The molecule has 38 heavy (non-hydrogen) atoms. The van der Waals surface area contributed by atoms with Gasteiger partial charge in [-0.1, -0.05) is 6.42 Å². The number of nitrogens with zero attached hydrogens (tertiary/aromatic N) is 4. The third-order valence-electron chi connectivity index (χ3n) is 6.49. The SMILES string of the molecule is Cc1c(C(=O)CN2CCCCC2)c2ncc(C(F)(F)C(=O)NCC(F)(F)F)cc2n1-c1ccc(C#N)cc1. The average molecular weight is 534 g/mol. The molecule has 1 amide bonds. The Hall–Kier alpha value is -3.85. The number of carbonyl (C=O) groups is 2. The number of alkyl halides is 5. The number of ketones is 1. The first-order valence-corrected chi connectivity index (χ1v) is 11.9. The summed E-state index contributed by atoms with van der Waals surface area (Å²) in [7, 11) is 0. The number of hydrogen-bond donors (Lipinski definition) is 1. The van der Waals surface area contributed by atoms with E-state index in [-0.39, 0.29) is 28.9 Å².